The number of amides is 1. The number of hydrogen-bond donors (Lipinski definition) is 1. The van der Waals surface area contributed by atoms with Crippen LogP contribution >= 0.6 is 11.6 Å². The van der Waals surface area contributed by atoms with Crippen molar-refractivity contribution in [3.05, 3.63) is 52.3 Å². The van der Waals surface area contributed by atoms with Crippen LogP contribution in [0.15, 0.2) is 30.5 Å². The molecular weight excluding hydrogens is 500 g/mol. The van der Waals surface area contributed by atoms with Crippen LogP contribution in [0.2, 0.25) is 5.02 Å². The summed E-state index contributed by atoms with van der Waals surface area (Å²) in [5, 5.41) is 5.16. The van der Waals surface area contributed by atoms with Gasteiger partial charge in [-0.15, -0.1) is 0 Å². The second-order valence-corrected chi connectivity index (χ2v) is 12.9. The molecule has 4 heterocycles. The molecule has 1 atom stereocenters. The zero-order valence-electron chi connectivity index (χ0n) is 21.0. The molecule has 2 aromatic heterocycles. The summed E-state index contributed by atoms with van der Waals surface area (Å²) in [5.74, 6) is 0.693. The highest BCUT2D eigenvalue weighted by molar-refractivity contribution is 7.92. The summed E-state index contributed by atoms with van der Waals surface area (Å²) in [4.78, 5) is 22.7. The summed E-state index contributed by atoms with van der Waals surface area (Å²) in [5.41, 5.74) is 3.30. The minimum atomic E-state index is -3.57. The Hall–Kier alpha value is -2.85. The van der Waals surface area contributed by atoms with Crippen LogP contribution in [0.1, 0.15) is 60.8 Å². The average Bonchev–Trinajstić information content (AvgIpc) is 3.19. The Morgan fingerprint density at radius 2 is 1.94 bits per heavy atom. The highest BCUT2D eigenvalue weighted by Crippen LogP contribution is 2.36. The molecule has 3 aromatic rings. The summed E-state index contributed by atoms with van der Waals surface area (Å²) >= 11 is 6.19. The SMILES string of the molecule is Cc1cn2nc([C@@H]3CCCCN3C(=O)c3cc(Cl)ccc3NS(C)(=O)=O)cc2nc1N1CC(C)(C)C1. The van der Waals surface area contributed by atoms with Crippen LogP contribution in [0.5, 0.6) is 0 Å². The maximum Gasteiger partial charge on any atom is 0.256 e. The molecule has 2 fully saturated rings. The molecule has 0 spiro atoms. The first-order valence-corrected chi connectivity index (χ1v) is 14.4. The number of anilines is 2. The first-order valence-electron chi connectivity index (χ1n) is 12.1. The second kappa shape index (κ2) is 8.92. The Balaban J connectivity index is 1.48. The van der Waals surface area contributed by atoms with Gasteiger partial charge in [-0.2, -0.15) is 5.10 Å². The molecule has 0 bridgehead atoms. The summed E-state index contributed by atoms with van der Waals surface area (Å²) in [6.45, 7) is 9.02. The molecule has 0 saturated carbocycles. The number of rotatable bonds is 5. The molecular formula is C25H31ClN6O3S. The van der Waals surface area contributed by atoms with Crippen molar-refractivity contribution in [3.8, 4) is 0 Å². The van der Waals surface area contributed by atoms with E-state index >= 15 is 0 Å². The molecule has 1 amide bonds. The number of likely N-dealkylation sites (tertiary alicyclic amines) is 1. The molecule has 11 heteroatoms. The summed E-state index contributed by atoms with van der Waals surface area (Å²) in [7, 11) is -3.57. The van der Waals surface area contributed by atoms with Gasteiger partial charge in [-0.25, -0.2) is 17.9 Å². The van der Waals surface area contributed by atoms with Crippen LogP contribution in [0.3, 0.4) is 0 Å². The topological polar surface area (TPSA) is 99.9 Å². The average molecular weight is 531 g/mol. The standard InChI is InChI=1S/C25H31ClN6O3S/c1-16-13-32-22(27-23(16)30-14-25(2,3)15-30)12-20(28-32)21-7-5-6-10-31(21)24(33)18-11-17(26)8-9-19(18)29-36(4,34)35/h8-9,11-13,21,29H,5-7,10,14-15H2,1-4H3/t21-/m0/s1. The molecule has 9 nitrogen and oxygen atoms in total. The minimum absolute atomic E-state index is 0.214. The van der Waals surface area contributed by atoms with Crippen molar-refractivity contribution in [2.24, 2.45) is 5.41 Å². The smallest absolute Gasteiger partial charge is 0.256 e. The predicted molar refractivity (Wildman–Crippen MR) is 141 cm³/mol. The number of sulfonamides is 1. The predicted octanol–water partition coefficient (Wildman–Crippen LogP) is 4.28. The molecule has 36 heavy (non-hydrogen) atoms. The van der Waals surface area contributed by atoms with Gasteiger partial charge in [0.1, 0.15) is 5.82 Å². The zero-order chi connectivity index (χ0) is 25.8. The minimum Gasteiger partial charge on any atom is -0.355 e. The lowest BCUT2D eigenvalue weighted by Gasteiger charge is -2.47. The number of aryl methyl sites for hydroxylation is 1. The highest BCUT2D eigenvalue weighted by atomic mass is 35.5. The van der Waals surface area contributed by atoms with Crippen LogP contribution in [0.25, 0.3) is 5.65 Å². The Morgan fingerprint density at radius 1 is 1.19 bits per heavy atom. The first-order chi connectivity index (χ1) is 16.9. The van der Waals surface area contributed by atoms with Gasteiger partial charge in [-0.3, -0.25) is 9.52 Å². The number of carbonyl (C=O) groups excluding carboxylic acids is 1. The molecule has 0 aliphatic carbocycles. The van der Waals surface area contributed by atoms with Crippen molar-refractivity contribution < 1.29 is 13.2 Å². The summed E-state index contributed by atoms with van der Waals surface area (Å²) < 4.78 is 28.0. The summed E-state index contributed by atoms with van der Waals surface area (Å²) in [6.07, 6.45) is 5.63. The molecule has 0 radical (unpaired) electrons. The first kappa shape index (κ1) is 24.8. The van der Waals surface area contributed by atoms with E-state index in [9.17, 15) is 13.2 Å². The normalized spacial score (nSPS) is 19.9. The Morgan fingerprint density at radius 3 is 2.64 bits per heavy atom. The number of aromatic nitrogens is 3. The Bertz CT molecular complexity index is 1440. The number of carbonyl (C=O) groups is 1. The van der Waals surface area contributed by atoms with Crippen molar-refractivity contribution >= 4 is 44.7 Å². The number of nitrogens with one attached hydrogen (secondary N) is 1. The third-order valence-electron chi connectivity index (χ3n) is 6.77. The van der Waals surface area contributed by atoms with E-state index in [0.29, 0.717) is 17.0 Å². The van der Waals surface area contributed by atoms with Crippen LogP contribution in [-0.4, -0.2) is 59.7 Å². The molecule has 2 saturated heterocycles. The lowest BCUT2D eigenvalue weighted by Crippen LogP contribution is -2.53. The van der Waals surface area contributed by atoms with Crippen molar-refractivity contribution in [3.63, 3.8) is 0 Å². The van der Waals surface area contributed by atoms with Gasteiger partial charge in [0.15, 0.2) is 5.65 Å². The second-order valence-electron chi connectivity index (χ2n) is 10.7. The lowest BCUT2D eigenvalue weighted by molar-refractivity contribution is 0.0607. The van der Waals surface area contributed by atoms with Crippen molar-refractivity contribution in [1.82, 2.24) is 19.5 Å². The van der Waals surface area contributed by atoms with Gasteiger partial charge in [-0.05, 0) is 49.8 Å². The van der Waals surface area contributed by atoms with E-state index < -0.39 is 10.0 Å². The van der Waals surface area contributed by atoms with Gasteiger partial charge in [0.2, 0.25) is 10.0 Å². The fraction of sp³-hybridized carbons (Fsp3) is 0.480. The molecule has 2 aliphatic heterocycles. The number of hydrogen-bond acceptors (Lipinski definition) is 6. The lowest BCUT2D eigenvalue weighted by atomic mass is 9.84. The van der Waals surface area contributed by atoms with E-state index in [1.54, 1.807) is 15.5 Å². The molecule has 1 N–H and O–H groups in total. The Kier molecular flexibility index (Phi) is 6.15. The van der Waals surface area contributed by atoms with Crippen molar-refractivity contribution in [1.29, 1.82) is 0 Å². The number of halogens is 1. The summed E-state index contributed by atoms with van der Waals surface area (Å²) in [6, 6.07) is 6.30. The van der Waals surface area contributed by atoms with E-state index in [-0.39, 0.29) is 23.2 Å². The van der Waals surface area contributed by atoms with E-state index in [2.05, 4.69) is 23.5 Å². The van der Waals surface area contributed by atoms with Crippen LogP contribution in [-0.2, 0) is 10.0 Å². The Labute approximate surface area is 216 Å². The monoisotopic (exact) mass is 530 g/mol. The van der Waals surface area contributed by atoms with E-state index in [1.807, 2.05) is 19.2 Å². The fourth-order valence-electron chi connectivity index (χ4n) is 5.26. The van der Waals surface area contributed by atoms with Crippen molar-refractivity contribution in [2.45, 2.75) is 46.1 Å². The molecule has 1 aromatic carbocycles. The maximum atomic E-state index is 13.7. The van der Waals surface area contributed by atoms with Gasteiger partial charge < -0.3 is 9.80 Å². The quantitative estimate of drug-likeness (QED) is 0.528. The van der Waals surface area contributed by atoms with Crippen LogP contribution in [0, 0.1) is 12.3 Å². The van der Waals surface area contributed by atoms with Crippen LogP contribution in [0.4, 0.5) is 11.5 Å². The number of fused-ring (bicyclic) bond motifs is 1. The third-order valence-corrected chi connectivity index (χ3v) is 7.60. The largest absolute Gasteiger partial charge is 0.355 e. The van der Waals surface area contributed by atoms with Crippen molar-refractivity contribution in [2.75, 3.05) is 35.5 Å². The number of benzene rings is 1. The van der Waals surface area contributed by atoms with E-state index in [1.165, 1.54) is 12.1 Å². The van der Waals surface area contributed by atoms with Gasteiger partial charge in [0, 0.05) is 42.5 Å². The van der Waals surface area contributed by atoms with E-state index in [4.69, 9.17) is 21.7 Å². The highest BCUT2D eigenvalue weighted by Gasteiger charge is 2.36. The van der Waals surface area contributed by atoms with Gasteiger partial charge in [-0.1, -0.05) is 25.4 Å². The molecule has 5 rings (SSSR count). The third kappa shape index (κ3) is 4.88. The van der Waals surface area contributed by atoms with Gasteiger partial charge >= 0.3 is 0 Å². The number of nitrogens with zero attached hydrogens (tertiary/aromatic N) is 5. The number of piperidine rings is 1. The maximum absolute atomic E-state index is 13.7. The molecule has 0 unspecified atom stereocenters. The molecule has 192 valence electrons. The van der Waals surface area contributed by atoms with Gasteiger partial charge in [0.05, 0.1) is 29.2 Å². The van der Waals surface area contributed by atoms with Crippen LogP contribution < -0.4 is 9.62 Å². The van der Waals surface area contributed by atoms with E-state index in [0.717, 1.165) is 61.3 Å². The fourth-order valence-corrected chi connectivity index (χ4v) is 6.01. The van der Waals surface area contributed by atoms with Gasteiger partial charge in [0.25, 0.3) is 5.91 Å². The molecule has 2 aliphatic rings. The zero-order valence-corrected chi connectivity index (χ0v) is 22.5.